The Morgan fingerprint density at radius 2 is 2.20 bits per heavy atom. The Morgan fingerprint density at radius 1 is 1.40 bits per heavy atom. The Bertz CT molecular complexity index is 175. The third-order valence-corrected chi connectivity index (χ3v) is 3.32. The van der Waals surface area contributed by atoms with E-state index in [4.69, 9.17) is 15.2 Å². The van der Waals surface area contributed by atoms with Gasteiger partial charge in [-0.1, -0.05) is 19.8 Å². The zero-order valence-corrected chi connectivity index (χ0v) is 10.1. The molecule has 0 aromatic rings. The van der Waals surface area contributed by atoms with E-state index in [1.165, 1.54) is 12.8 Å². The van der Waals surface area contributed by atoms with Crippen LogP contribution in [0.4, 0.5) is 0 Å². The topological polar surface area (TPSA) is 44.5 Å². The predicted molar refractivity (Wildman–Crippen MR) is 61.9 cm³/mol. The third-order valence-electron chi connectivity index (χ3n) is 3.32. The van der Waals surface area contributed by atoms with E-state index in [9.17, 15) is 0 Å². The molecule has 3 nitrogen and oxygen atoms in total. The molecule has 0 bridgehead atoms. The van der Waals surface area contributed by atoms with Gasteiger partial charge in [-0.25, -0.2) is 0 Å². The Hall–Kier alpha value is -0.120. The maximum atomic E-state index is 5.99. The molecule has 3 heteroatoms. The van der Waals surface area contributed by atoms with E-state index in [0.29, 0.717) is 6.54 Å². The van der Waals surface area contributed by atoms with Crippen molar-refractivity contribution in [3.8, 4) is 0 Å². The predicted octanol–water partition coefficient (Wildman–Crippen LogP) is 1.95. The fourth-order valence-electron chi connectivity index (χ4n) is 2.48. The van der Waals surface area contributed by atoms with Crippen LogP contribution < -0.4 is 5.73 Å². The van der Waals surface area contributed by atoms with Crippen molar-refractivity contribution >= 4 is 0 Å². The van der Waals surface area contributed by atoms with Gasteiger partial charge in [0.25, 0.3) is 0 Å². The molecule has 90 valence electrons. The molecule has 0 heterocycles. The molecule has 0 aromatic heterocycles. The van der Waals surface area contributed by atoms with Crippen LogP contribution in [0.25, 0.3) is 0 Å². The highest BCUT2D eigenvalue weighted by Crippen LogP contribution is 2.34. The number of rotatable bonds is 6. The Kier molecular flexibility index (Phi) is 5.58. The van der Waals surface area contributed by atoms with E-state index >= 15 is 0 Å². The highest BCUT2D eigenvalue weighted by molar-refractivity contribution is 4.87. The van der Waals surface area contributed by atoms with Crippen molar-refractivity contribution in [1.29, 1.82) is 0 Å². The second kappa shape index (κ2) is 6.46. The van der Waals surface area contributed by atoms with Gasteiger partial charge in [-0.3, -0.25) is 0 Å². The normalized spacial score (nSPS) is 31.8. The number of hydrogen-bond donors (Lipinski definition) is 1. The molecule has 1 rings (SSSR count). The van der Waals surface area contributed by atoms with Gasteiger partial charge in [0.15, 0.2) is 0 Å². The molecule has 1 saturated carbocycles. The highest BCUT2D eigenvalue weighted by Gasteiger charge is 2.34. The molecule has 0 radical (unpaired) electrons. The van der Waals surface area contributed by atoms with Crippen molar-refractivity contribution in [3.63, 3.8) is 0 Å². The largest absolute Gasteiger partial charge is 0.385 e. The van der Waals surface area contributed by atoms with Crippen LogP contribution in [0, 0.1) is 5.92 Å². The van der Waals surface area contributed by atoms with Crippen LogP contribution in [0.15, 0.2) is 0 Å². The minimum atomic E-state index is -0.0363. The average molecular weight is 215 g/mol. The van der Waals surface area contributed by atoms with Crippen LogP contribution in [0.2, 0.25) is 0 Å². The van der Waals surface area contributed by atoms with E-state index in [0.717, 1.165) is 38.4 Å². The fourth-order valence-corrected chi connectivity index (χ4v) is 2.48. The van der Waals surface area contributed by atoms with E-state index in [-0.39, 0.29) is 5.60 Å². The second-order valence-corrected chi connectivity index (χ2v) is 4.78. The van der Waals surface area contributed by atoms with E-state index in [1.54, 1.807) is 7.11 Å². The molecule has 1 aliphatic rings. The molecule has 15 heavy (non-hydrogen) atoms. The maximum Gasteiger partial charge on any atom is 0.0806 e. The van der Waals surface area contributed by atoms with Crippen LogP contribution in [0.1, 0.15) is 39.0 Å². The first-order chi connectivity index (χ1) is 7.22. The van der Waals surface area contributed by atoms with Crippen LogP contribution in [-0.4, -0.2) is 32.5 Å². The minimum absolute atomic E-state index is 0.0363. The fraction of sp³-hybridized carbons (Fsp3) is 1.00. The summed E-state index contributed by atoms with van der Waals surface area (Å²) in [5.74, 6) is 0.754. The van der Waals surface area contributed by atoms with Crippen LogP contribution in [0.3, 0.4) is 0 Å². The molecule has 0 aliphatic heterocycles. The first-order valence-corrected chi connectivity index (χ1v) is 6.05. The van der Waals surface area contributed by atoms with Crippen molar-refractivity contribution in [2.75, 3.05) is 26.9 Å². The van der Waals surface area contributed by atoms with Gasteiger partial charge in [0.2, 0.25) is 0 Å². The minimum Gasteiger partial charge on any atom is -0.385 e. The van der Waals surface area contributed by atoms with Gasteiger partial charge in [-0.15, -0.1) is 0 Å². The lowest BCUT2D eigenvalue weighted by Gasteiger charge is -2.39. The van der Waals surface area contributed by atoms with Crippen molar-refractivity contribution in [2.24, 2.45) is 11.7 Å². The van der Waals surface area contributed by atoms with Crippen molar-refractivity contribution in [3.05, 3.63) is 0 Å². The van der Waals surface area contributed by atoms with Crippen molar-refractivity contribution < 1.29 is 9.47 Å². The molecule has 1 aliphatic carbocycles. The molecule has 1 fully saturated rings. The zero-order valence-electron chi connectivity index (χ0n) is 10.1. The van der Waals surface area contributed by atoms with E-state index < -0.39 is 0 Å². The smallest absolute Gasteiger partial charge is 0.0806 e. The molecule has 0 spiro atoms. The lowest BCUT2D eigenvalue weighted by molar-refractivity contribution is -0.0781. The summed E-state index contributed by atoms with van der Waals surface area (Å²) in [7, 11) is 1.72. The highest BCUT2D eigenvalue weighted by atomic mass is 16.5. The van der Waals surface area contributed by atoms with Crippen LogP contribution >= 0.6 is 0 Å². The summed E-state index contributed by atoms with van der Waals surface area (Å²) in [4.78, 5) is 0. The van der Waals surface area contributed by atoms with Crippen molar-refractivity contribution in [1.82, 2.24) is 0 Å². The van der Waals surface area contributed by atoms with E-state index in [1.807, 2.05) is 0 Å². The second-order valence-electron chi connectivity index (χ2n) is 4.78. The van der Waals surface area contributed by atoms with Gasteiger partial charge in [0.1, 0.15) is 0 Å². The lowest BCUT2D eigenvalue weighted by atomic mass is 9.79. The van der Waals surface area contributed by atoms with E-state index in [2.05, 4.69) is 6.92 Å². The summed E-state index contributed by atoms with van der Waals surface area (Å²) in [6.07, 6.45) is 5.79. The summed E-state index contributed by atoms with van der Waals surface area (Å²) < 4.78 is 11.0. The lowest BCUT2D eigenvalue weighted by Crippen LogP contribution is -2.44. The molecule has 2 atom stereocenters. The Labute approximate surface area is 93.3 Å². The Balaban J connectivity index is 2.31. The summed E-state index contributed by atoms with van der Waals surface area (Å²) in [5, 5.41) is 0. The van der Waals surface area contributed by atoms with Gasteiger partial charge >= 0.3 is 0 Å². The van der Waals surface area contributed by atoms with Gasteiger partial charge < -0.3 is 15.2 Å². The first kappa shape index (κ1) is 12.9. The van der Waals surface area contributed by atoms with Gasteiger partial charge in [0.05, 0.1) is 5.60 Å². The molecule has 2 unspecified atom stereocenters. The first-order valence-electron chi connectivity index (χ1n) is 6.05. The molecule has 0 saturated heterocycles. The summed E-state index contributed by atoms with van der Waals surface area (Å²) in [6, 6.07) is 0. The monoisotopic (exact) mass is 215 g/mol. The number of nitrogens with two attached hydrogens (primary N) is 1. The maximum absolute atomic E-state index is 5.99. The molecule has 0 aromatic carbocycles. The van der Waals surface area contributed by atoms with Gasteiger partial charge in [-0.2, -0.15) is 0 Å². The summed E-state index contributed by atoms with van der Waals surface area (Å²) >= 11 is 0. The Morgan fingerprint density at radius 3 is 2.80 bits per heavy atom. The average Bonchev–Trinajstić information content (AvgIpc) is 2.25. The van der Waals surface area contributed by atoms with Crippen molar-refractivity contribution in [2.45, 2.75) is 44.6 Å². The summed E-state index contributed by atoms with van der Waals surface area (Å²) in [6.45, 7) is 4.50. The molecular weight excluding hydrogens is 190 g/mol. The van der Waals surface area contributed by atoms with Crippen LogP contribution in [-0.2, 0) is 9.47 Å². The number of ether oxygens (including phenoxy) is 2. The third kappa shape index (κ3) is 4.09. The zero-order chi connectivity index (χ0) is 11.1. The number of hydrogen-bond acceptors (Lipinski definition) is 3. The van der Waals surface area contributed by atoms with Gasteiger partial charge in [-0.05, 0) is 25.2 Å². The quantitative estimate of drug-likeness (QED) is 0.689. The molecule has 2 N–H and O–H groups in total. The standard InChI is InChI=1S/C12H25NO2/c1-11-5-3-6-12(9-11,10-13)15-8-4-7-14-2/h11H,3-10,13H2,1-2H3. The van der Waals surface area contributed by atoms with Crippen LogP contribution in [0.5, 0.6) is 0 Å². The number of methoxy groups -OCH3 is 1. The molecular formula is C12H25NO2. The van der Waals surface area contributed by atoms with Gasteiger partial charge in [0, 0.05) is 26.9 Å². The SMILES string of the molecule is COCCCOC1(CN)CCCC(C)C1. The molecule has 0 amide bonds. The summed E-state index contributed by atoms with van der Waals surface area (Å²) in [5.41, 5.74) is 5.82.